The molecule has 152 valence electrons. The highest BCUT2D eigenvalue weighted by Crippen LogP contribution is 2.49. The van der Waals surface area contributed by atoms with E-state index in [1.165, 1.54) is 16.8 Å². The Morgan fingerprint density at radius 3 is 2.13 bits per heavy atom. The Balaban J connectivity index is 1.84. The van der Waals surface area contributed by atoms with Crippen molar-refractivity contribution in [1.29, 1.82) is 0 Å². The largest absolute Gasteiger partial charge is 0.542 e. The van der Waals surface area contributed by atoms with Crippen molar-refractivity contribution in [1.82, 2.24) is 0 Å². The summed E-state index contributed by atoms with van der Waals surface area (Å²) in [5.41, 5.74) is 5.84. The molecule has 31 heavy (non-hydrogen) atoms. The molecular formula is C26H25BN3O+. The van der Waals surface area contributed by atoms with Gasteiger partial charge in [-0.2, -0.15) is 0 Å². The lowest BCUT2D eigenvalue weighted by Gasteiger charge is -2.25. The maximum Gasteiger partial charge on any atom is 0.542 e. The van der Waals surface area contributed by atoms with Gasteiger partial charge in [-0.25, -0.2) is 4.57 Å². The molecule has 0 saturated heterocycles. The summed E-state index contributed by atoms with van der Waals surface area (Å²) in [4.78, 5) is 4.85. The van der Waals surface area contributed by atoms with Crippen LogP contribution in [0.2, 0.25) is 0 Å². The monoisotopic (exact) mass is 406 g/mol. The van der Waals surface area contributed by atoms with Crippen molar-refractivity contribution in [2.75, 3.05) is 16.7 Å². The van der Waals surface area contributed by atoms with Gasteiger partial charge in [0.1, 0.15) is 11.4 Å². The standard InChI is InChI=1S/C26H25BN3O/c1-20-24(31-3)18-17-23-26(20)30(25-16-10-11-19-28(25)2)27(21-12-6-4-7-13-21)29(23)22-14-8-5-9-15-22/h4-19H,1-3H3/q+1. The lowest BCUT2D eigenvalue weighted by Crippen LogP contribution is -2.55. The number of methoxy groups -OCH3 is 1. The molecule has 1 aromatic heterocycles. The second-order valence-electron chi connectivity index (χ2n) is 7.79. The van der Waals surface area contributed by atoms with Crippen LogP contribution in [0.25, 0.3) is 0 Å². The van der Waals surface area contributed by atoms with E-state index >= 15 is 0 Å². The lowest BCUT2D eigenvalue weighted by atomic mass is 9.64. The van der Waals surface area contributed by atoms with E-state index in [9.17, 15) is 0 Å². The van der Waals surface area contributed by atoms with Crippen LogP contribution in [0.1, 0.15) is 5.56 Å². The molecule has 0 N–H and O–H groups in total. The van der Waals surface area contributed by atoms with E-state index < -0.39 is 0 Å². The minimum absolute atomic E-state index is 0.0296. The number of nitrogens with zero attached hydrogens (tertiary/aromatic N) is 3. The van der Waals surface area contributed by atoms with Crippen LogP contribution >= 0.6 is 0 Å². The summed E-state index contributed by atoms with van der Waals surface area (Å²) in [6.07, 6.45) is 2.09. The number of aromatic nitrogens is 1. The fourth-order valence-corrected chi connectivity index (χ4v) is 4.55. The molecule has 5 heteroatoms. The topological polar surface area (TPSA) is 19.6 Å². The van der Waals surface area contributed by atoms with Gasteiger partial charge in [-0.3, -0.25) is 4.81 Å². The van der Waals surface area contributed by atoms with Gasteiger partial charge in [0.25, 0.3) is 5.82 Å². The number of para-hydroxylation sites is 1. The molecule has 2 heterocycles. The number of hydrogen-bond acceptors (Lipinski definition) is 3. The number of fused-ring (bicyclic) bond motifs is 1. The minimum atomic E-state index is -0.0296. The van der Waals surface area contributed by atoms with E-state index in [1.807, 2.05) is 0 Å². The highest BCUT2D eigenvalue weighted by atomic mass is 16.5. The van der Waals surface area contributed by atoms with Crippen molar-refractivity contribution in [3.05, 3.63) is 103 Å². The van der Waals surface area contributed by atoms with E-state index in [4.69, 9.17) is 4.74 Å². The molecule has 0 amide bonds. The molecule has 0 fully saturated rings. The van der Waals surface area contributed by atoms with Crippen LogP contribution < -0.4 is 24.4 Å². The van der Waals surface area contributed by atoms with Crippen LogP contribution in [0.3, 0.4) is 0 Å². The summed E-state index contributed by atoms with van der Waals surface area (Å²) in [5, 5.41) is 0. The second kappa shape index (κ2) is 7.84. The third-order valence-electron chi connectivity index (χ3n) is 5.98. The third kappa shape index (κ3) is 3.14. The summed E-state index contributed by atoms with van der Waals surface area (Å²) < 4.78 is 7.89. The first kappa shape index (κ1) is 19.3. The first-order valence-electron chi connectivity index (χ1n) is 10.5. The maximum atomic E-state index is 5.71. The van der Waals surface area contributed by atoms with Crippen LogP contribution in [0.15, 0.2) is 97.2 Å². The Kier molecular flexibility index (Phi) is 4.87. The molecule has 0 aliphatic carbocycles. The molecule has 0 spiro atoms. The summed E-state index contributed by atoms with van der Waals surface area (Å²) in [6, 6.07) is 31.9. The molecule has 0 saturated carbocycles. The van der Waals surface area contributed by atoms with Crippen molar-refractivity contribution >= 4 is 35.3 Å². The van der Waals surface area contributed by atoms with Gasteiger partial charge in [-0.05, 0) is 42.7 Å². The van der Waals surface area contributed by atoms with Crippen LogP contribution in [0.4, 0.5) is 22.9 Å². The minimum Gasteiger partial charge on any atom is -0.496 e. The number of rotatable bonds is 4. The summed E-state index contributed by atoms with van der Waals surface area (Å²) in [5.74, 6) is 2.01. The first-order chi connectivity index (χ1) is 15.2. The predicted molar refractivity (Wildman–Crippen MR) is 128 cm³/mol. The van der Waals surface area contributed by atoms with Crippen molar-refractivity contribution < 1.29 is 9.30 Å². The molecule has 4 nitrogen and oxygen atoms in total. The van der Waals surface area contributed by atoms with Gasteiger partial charge in [0, 0.05) is 17.3 Å². The van der Waals surface area contributed by atoms with Gasteiger partial charge < -0.3 is 9.55 Å². The van der Waals surface area contributed by atoms with Crippen LogP contribution in [0.5, 0.6) is 5.75 Å². The smallest absolute Gasteiger partial charge is 0.496 e. The Labute approximate surface area is 184 Å². The van der Waals surface area contributed by atoms with Gasteiger partial charge in [0.05, 0.1) is 26.0 Å². The number of benzene rings is 3. The number of aryl methyl sites for hydroxylation is 1. The molecule has 0 atom stereocenters. The Hall–Kier alpha value is -3.73. The number of hydrogen-bond donors (Lipinski definition) is 0. The highest BCUT2D eigenvalue weighted by molar-refractivity contribution is 6.84. The van der Waals surface area contributed by atoms with E-state index in [0.717, 1.165) is 22.8 Å². The third-order valence-corrected chi connectivity index (χ3v) is 5.98. The van der Waals surface area contributed by atoms with Crippen molar-refractivity contribution in [3.8, 4) is 5.75 Å². The van der Waals surface area contributed by atoms with Crippen molar-refractivity contribution in [3.63, 3.8) is 0 Å². The molecule has 3 aromatic carbocycles. The molecule has 0 radical (unpaired) electrons. The fourth-order valence-electron chi connectivity index (χ4n) is 4.55. The number of pyridine rings is 1. The Bertz CT molecular complexity index is 1210. The van der Waals surface area contributed by atoms with Crippen LogP contribution in [-0.4, -0.2) is 14.1 Å². The fraction of sp³-hybridized carbons (Fsp3) is 0.115. The van der Waals surface area contributed by atoms with E-state index in [2.05, 4.69) is 125 Å². The molecule has 0 unspecified atom stereocenters. The van der Waals surface area contributed by atoms with Crippen molar-refractivity contribution in [2.24, 2.45) is 7.05 Å². The van der Waals surface area contributed by atoms with E-state index in [0.29, 0.717) is 0 Å². The summed E-state index contributed by atoms with van der Waals surface area (Å²) in [6.45, 7) is 2.11. The summed E-state index contributed by atoms with van der Waals surface area (Å²) >= 11 is 0. The zero-order valence-corrected chi connectivity index (χ0v) is 18.1. The predicted octanol–water partition coefficient (Wildman–Crippen LogP) is 4.51. The zero-order chi connectivity index (χ0) is 21.4. The van der Waals surface area contributed by atoms with Crippen LogP contribution in [-0.2, 0) is 7.05 Å². The molecule has 1 aliphatic heterocycles. The normalized spacial score (nSPS) is 12.8. The Morgan fingerprint density at radius 1 is 0.774 bits per heavy atom. The average molecular weight is 406 g/mol. The van der Waals surface area contributed by atoms with Gasteiger partial charge in [0.15, 0.2) is 0 Å². The van der Waals surface area contributed by atoms with E-state index in [1.54, 1.807) is 7.11 Å². The number of anilines is 4. The molecule has 4 aromatic rings. The number of ether oxygens (including phenoxy) is 1. The lowest BCUT2D eigenvalue weighted by molar-refractivity contribution is -0.658. The van der Waals surface area contributed by atoms with Gasteiger partial charge in [-0.1, -0.05) is 54.6 Å². The first-order valence-corrected chi connectivity index (χ1v) is 10.5. The highest BCUT2D eigenvalue weighted by Gasteiger charge is 2.52. The maximum absolute atomic E-state index is 5.71. The molecule has 1 aliphatic rings. The quantitative estimate of drug-likeness (QED) is 0.367. The van der Waals surface area contributed by atoms with Crippen molar-refractivity contribution in [2.45, 2.75) is 6.92 Å². The van der Waals surface area contributed by atoms with Gasteiger partial charge in [-0.15, -0.1) is 0 Å². The Morgan fingerprint density at radius 2 is 1.45 bits per heavy atom. The summed E-state index contributed by atoms with van der Waals surface area (Å²) in [7, 11) is 3.83. The average Bonchev–Trinajstić information content (AvgIpc) is 3.16. The SMILES string of the molecule is COc1ccc2c(c1C)N(c1cccc[n+]1C)B(c1ccccc1)N2c1ccccc1. The zero-order valence-electron chi connectivity index (χ0n) is 18.1. The van der Waals surface area contributed by atoms with Gasteiger partial charge in [0.2, 0.25) is 0 Å². The molecular weight excluding hydrogens is 381 g/mol. The van der Waals surface area contributed by atoms with Crippen LogP contribution in [0, 0.1) is 6.92 Å². The molecule has 0 bridgehead atoms. The second-order valence-corrected chi connectivity index (χ2v) is 7.79. The van der Waals surface area contributed by atoms with Gasteiger partial charge >= 0.3 is 6.98 Å². The molecule has 5 rings (SSSR count). The van der Waals surface area contributed by atoms with E-state index in [-0.39, 0.29) is 6.98 Å².